The number of halogens is 7. The molecule has 52 heavy (non-hydrogen) atoms. The molecule has 0 spiro atoms. The lowest BCUT2D eigenvalue weighted by atomic mass is 9.98. The van der Waals surface area contributed by atoms with Crippen LogP contribution in [-0.2, 0) is 40.1 Å². The van der Waals surface area contributed by atoms with Crippen LogP contribution in [0.5, 0.6) is 0 Å². The molecule has 1 unspecified atom stereocenters. The van der Waals surface area contributed by atoms with Gasteiger partial charge in [-0.05, 0) is 78.6 Å². The van der Waals surface area contributed by atoms with E-state index in [9.17, 15) is 49.1 Å². The normalized spacial score (nSPS) is 12.6. The van der Waals surface area contributed by atoms with Crippen molar-refractivity contribution in [1.29, 1.82) is 0 Å². The number of nitrogens with one attached hydrogen (secondary N) is 1. The number of carbonyl (C=O) groups is 3. The van der Waals surface area contributed by atoms with E-state index in [2.05, 4.69) is 0 Å². The first kappa shape index (κ1) is 39.9. The fourth-order valence-electron chi connectivity index (χ4n) is 5.26. The Morgan fingerprint density at radius 3 is 1.83 bits per heavy atom. The largest absolute Gasteiger partial charge is 0.416 e. The summed E-state index contributed by atoms with van der Waals surface area (Å²) in [6, 6.07) is 19.8. The maximum absolute atomic E-state index is 13.5. The van der Waals surface area contributed by atoms with Crippen LogP contribution in [0, 0.1) is 0 Å². The van der Waals surface area contributed by atoms with Crippen LogP contribution in [0.2, 0.25) is 5.02 Å². The van der Waals surface area contributed by atoms with Crippen molar-refractivity contribution in [1.82, 2.24) is 14.5 Å². The number of nitrogens with zero attached hydrogens (tertiary/aromatic N) is 2. The van der Waals surface area contributed by atoms with Crippen molar-refractivity contribution in [3.63, 3.8) is 0 Å². The minimum atomic E-state index is -5.18. The second kappa shape index (κ2) is 16.2. The molecular weight excluding hydrogens is 736 g/mol. The Balaban J connectivity index is 1.49. The predicted molar refractivity (Wildman–Crippen MR) is 181 cm³/mol. The van der Waals surface area contributed by atoms with Gasteiger partial charge in [0.05, 0.1) is 16.0 Å². The summed E-state index contributed by atoms with van der Waals surface area (Å²) >= 11 is 5.95. The average molecular weight is 768 g/mol. The van der Waals surface area contributed by atoms with Crippen molar-refractivity contribution >= 4 is 39.3 Å². The molecule has 0 radical (unpaired) electrons. The van der Waals surface area contributed by atoms with Gasteiger partial charge >= 0.3 is 12.4 Å². The average Bonchev–Trinajstić information content (AvgIpc) is 3.09. The molecular formula is C36H32ClF6N3O5S. The summed E-state index contributed by atoms with van der Waals surface area (Å²) < 4.78 is 109. The molecule has 3 amide bonds. The van der Waals surface area contributed by atoms with Gasteiger partial charge in [0.1, 0.15) is 0 Å². The van der Waals surface area contributed by atoms with Gasteiger partial charge in [-0.3, -0.25) is 14.4 Å². The zero-order valence-corrected chi connectivity index (χ0v) is 29.2. The molecule has 4 aromatic carbocycles. The van der Waals surface area contributed by atoms with Gasteiger partial charge < -0.3 is 9.80 Å². The van der Waals surface area contributed by atoms with Gasteiger partial charge in [-0.25, -0.2) is 13.1 Å². The van der Waals surface area contributed by atoms with Crippen LogP contribution < -0.4 is 4.72 Å². The first-order chi connectivity index (χ1) is 24.2. The number of amides is 3. The standard InChI is InChI=1S/C36H32ClF6N3O5S/c1-45(22-24-6-4-3-5-7-24)33(48)25-10-15-31(16-11-25)52(50,51)44-32(47)17-14-30(18-23-8-12-29(37)13-9-23)46(2)34(49)26-19-27(35(38,39)40)21-28(20-26)36(41,42)43/h3-13,15-16,19-21,30H,14,17-18,22H2,1-2H3,(H,44,47). The molecule has 4 aromatic rings. The number of carbonyl (C=O) groups excluding carboxylic acids is 3. The first-order valence-corrected chi connectivity index (χ1v) is 17.4. The van der Waals surface area contributed by atoms with Gasteiger partial charge in [-0.15, -0.1) is 0 Å². The third-order valence-corrected chi connectivity index (χ3v) is 9.70. The predicted octanol–water partition coefficient (Wildman–Crippen LogP) is 7.62. The van der Waals surface area contributed by atoms with Crippen LogP contribution in [0.1, 0.15) is 55.8 Å². The van der Waals surface area contributed by atoms with Crippen molar-refractivity contribution < 1.29 is 49.1 Å². The molecule has 8 nitrogen and oxygen atoms in total. The van der Waals surface area contributed by atoms with Crippen LogP contribution >= 0.6 is 11.6 Å². The van der Waals surface area contributed by atoms with E-state index in [1.807, 2.05) is 35.1 Å². The van der Waals surface area contributed by atoms with Crippen LogP contribution in [-0.4, -0.2) is 56.1 Å². The van der Waals surface area contributed by atoms with Crippen molar-refractivity contribution in [3.8, 4) is 0 Å². The quantitative estimate of drug-likeness (QED) is 0.150. The smallest absolute Gasteiger partial charge is 0.338 e. The fraction of sp³-hybridized carbons (Fsp3) is 0.250. The highest BCUT2D eigenvalue weighted by molar-refractivity contribution is 7.90. The van der Waals surface area contributed by atoms with Crippen LogP contribution in [0.3, 0.4) is 0 Å². The number of sulfonamides is 1. The van der Waals surface area contributed by atoms with Crippen molar-refractivity contribution in [2.24, 2.45) is 0 Å². The molecule has 16 heteroatoms. The lowest BCUT2D eigenvalue weighted by molar-refractivity contribution is -0.143. The summed E-state index contributed by atoms with van der Waals surface area (Å²) in [5.74, 6) is -2.56. The van der Waals surface area contributed by atoms with Crippen molar-refractivity contribution in [2.45, 2.75) is 49.1 Å². The minimum absolute atomic E-state index is 0.0151. The summed E-state index contributed by atoms with van der Waals surface area (Å²) in [4.78, 5) is 41.2. The molecule has 1 atom stereocenters. The maximum atomic E-state index is 13.5. The van der Waals surface area contributed by atoms with Crippen LogP contribution in [0.4, 0.5) is 26.3 Å². The molecule has 0 bridgehead atoms. The summed E-state index contributed by atoms with van der Waals surface area (Å²) in [6.07, 6.45) is -11.1. The van der Waals surface area contributed by atoms with Crippen molar-refractivity contribution in [2.75, 3.05) is 14.1 Å². The molecule has 276 valence electrons. The number of likely N-dealkylation sites (N-methyl/N-ethyl adjacent to an activating group) is 1. The highest BCUT2D eigenvalue weighted by atomic mass is 35.5. The zero-order valence-electron chi connectivity index (χ0n) is 27.6. The number of rotatable bonds is 12. The Kier molecular flexibility index (Phi) is 12.4. The number of benzene rings is 4. The fourth-order valence-corrected chi connectivity index (χ4v) is 6.40. The second-order valence-electron chi connectivity index (χ2n) is 11.9. The van der Waals surface area contributed by atoms with Gasteiger partial charge in [0.2, 0.25) is 5.91 Å². The molecule has 0 aromatic heterocycles. The lowest BCUT2D eigenvalue weighted by Crippen LogP contribution is -2.40. The van der Waals surface area contributed by atoms with E-state index in [0.29, 0.717) is 29.3 Å². The molecule has 0 saturated heterocycles. The van der Waals surface area contributed by atoms with Crippen molar-refractivity contribution in [3.05, 3.63) is 135 Å². The van der Waals surface area contributed by atoms with Gasteiger partial charge in [-0.2, -0.15) is 26.3 Å². The topological polar surface area (TPSA) is 104 Å². The third kappa shape index (κ3) is 10.6. The zero-order chi connectivity index (χ0) is 38.4. The molecule has 4 rings (SSSR count). The monoisotopic (exact) mass is 767 g/mol. The van der Waals surface area contributed by atoms with Gasteiger partial charge in [0, 0.05) is 49.3 Å². The van der Waals surface area contributed by atoms with Crippen LogP contribution in [0.15, 0.2) is 102 Å². The van der Waals surface area contributed by atoms with Crippen LogP contribution in [0.25, 0.3) is 0 Å². The Hall–Kier alpha value is -4.89. The van der Waals surface area contributed by atoms with E-state index in [1.54, 1.807) is 19.2 Å². The Bertz CT molecular complexity index is 1980. The third-order valence-electron chi connectivity index (χ3n) is 8.06. The molecule has 1 N–H and O–H groups in total. The van der Waals surface area contributed by atoms with Gasteiger partial charge in [0.15, 0.2) is 0 Å². The van der Waals surface area contributed by atoms with E-state index >= 15 is 0 Å². The van der Waals surface area contributed by atoms with E-state index in [-0.39, 0.29) is 35.3 Å². The summed E-state index contributed by atoms with van der Waals surface area (Å²) in [6.45, 7) is 0.310. The SMILES string of the molecule is CN(Cc1ccccc1)C(=O)c1ccc(S(=O)(=O)NC(=O)CCC(Cc2ccc(Cl)cc2)N(C)C(=O)c2cc(C(F)(F)F)cc(C(F)(F)F)c2)cc1. The lowest BCUT2D eigenvalue weighted by Gasteiger charge is -2.29. The van der Waals surface area contributed by atoms with Gasteiger partial charge in [-0.1, -0.05) is 54.1 Å². The first-order valence-electron chi connectivity index (χ1n) is 15.5. The number of hydrogen-bond donors (Lipinski definition) is 1. The Morgan fingerprint density at radius 2 is 1.29 bits per heavy atom. The molecule has 0 heterocycles. The van der Waals surface area contributed by atoms with E-state index in [4.69, 9.17) is 11.6 Å². The molecule has 0 saturated carbocycles. The minimum Gasteiger partial charge on any atom is -0.338 e. The molecule has 0 aliphatic heterocycles. The molecule has 0 aliphatic rings. The molecule has 0 aliphatic carbocycles. The maximum Gasteiger partial charge on any atom is 0.416 e. The van der Waals surface area contributed by atoms with Gasteiger partial charge in [0.25, 0.3) is 21.8 Å². The Labute approximate surface area is 301 Å². The summed E-state index contributed by atoms with van der Waals surface area (Å²) in [5, 5.41) is 0.370. The summed E-state index contributed by atoms with van der Waals surface area (Å²) in [5.41, 5.74) is -2.58. The summed E-state index contributed by atoms with van der Waals surface area (Å²) in [7, 11) is -1.69. The number of alkyl halides is 6. The molecule has 0 fully saturated rings. The highest BCUT2D eigenvalue weighted by Crippen LogP contribution is 2.36. The highest BCUT2D eigenvalue weighted by Gasteiger charge is 2.38. The number of hydrogen-bond acceptors (Lipinski definition) is 5. The Morgan fingerprint density at radius 1 is 0.731 bits per heavy atom. The van der Waals surface area contributed by atoms with E-state index in [1.165, 1.54) is 29.2 Å². The van der Waals surface area contributed by atoms with E-state index < -0.39 is 63.3 Å². The van der Waals surface area contributed by atoms with E-state index in [0.717, 1.165) is 29.6 Å². The second-order valence-corrected chi connectivity index (χ2v) is 14.1.